The SMILES string of the molecule is CC1(C)C(=O)CC1B1OC(C)(C)C(C)(C)O1. The summed E-state index contributed by atoms with van der Waals surface area (Å²) in [5, 5.41) is 0. The molecule has 0 radical (unpaired) electrons. The first-order valence-corrected chi connectivity index (χ1v) is 5.97. The van der Waals surface area contributed by atoms with Crippen molar-refractivity contribution < 1.29 is 14.1 Å². The van der Waals surface area contributed by atoms with Crippen molar-refractivity contribution in [2.75, 3.05) is 0 Å². The predicted octanol–water partition coefficient (Wildman–Crippen LogP) is 2.45. The summed E-state index contributed by atoms with van der Waals surface area (Å²) in [7, 11) is -0.238. The number of rotatable bonds is 1. The number of ketones is 1. The van der Waals surface area contributed by atoms with Gasteiger partial charge in [-0.25, -0.2) is 0 Å². The quantitative estimate of drug-likeness (QED) is 0.641. The Kier molecular flexibility index (Phi) is 2.35. The van der Waals surface area contributed by atoms with Crippen molar-refractivity contribution in [3.8, 4) is 0 Å². The molecule has 0 aromatic heterocycles. The molecule has 0 amide bonds. The van der Waals surface area contributed by atoms with Crippen LogP contribution in [0.5, 0.6) is 0 Å². The Balaban J connectivity index is 2.14. The van der Waals surface area contributed by atoms with Crippen molar-refractivity contribution in [1.29, 1.82) is 0 Å². The van der Waals surface area contributed by atoms with Gasteiger partial charge in [0.25, 0.3) is 0 Å². The Morgan fingerprint density at radius 2 is 1.50 bits per heavy atom. The lowest BCUT2D eigenvalue weighted by Crippen LogP contribution is -2.49. The van der Waals surface area contributed by atoms with Gasteiger partial charge in [-0.3, -0.25) is 4.79 Å². The van der Waals surface area contributed by atoms with Crippen molar-refractivity contribution in [2.45, 2.75) is 65.0 Å². The van der Waals surface area contributed by atoms with E-state index in [0.717, 1.165) is 0 Å². The van der Waals surface area contributed by atoms with Crippen LogP contribution in [-0.4, -0.2) is 24.1 Å². The monoisotopic (exact) mass is 224 g/mol. The van der Waals surface area contributed by atoms with Crippen molar-refractivity contribution in [3.63, 3.8) is 0 Å². The van der Waals surface area contributed by atoms with Gasteiger partial charge in [0.15, 0.2) is 0 Å². The highest BCUT2D eigenvalue weighted by atomic mass is 16.7. The van der Waals surface area contributed by atoms with Crippen LogP contribution < -0.4 is 0 Å². The highest BCUT2D eigenvalue weighted by Crippen LogP contribution is 2.53. The summed E-state index contributed by atoms with van der Waals surface area (Å²) >= 11 is 0. The van der Waals surface area contributed by atoms with Crippen LogP contribution in [0.2, 0.25) is 5.82 Å². The zero-order valence-electron chi connectivity index (χ0n) is 11.1. The maximum atomic E-state index is 11.5. The molecular weight excluding hydrogens is 203 g/mol. The van der Waals surface area contributed by atoms with E-state index in [1.165, 1.54) is 0 Å². The zero-order valence-corrected chi connectivity index (χ0v) is 11.1. The molecule has 1 saturated heterocycles. The molecule has 90 valence electrons. The fourth-order valence-electron chi connectivity index (χ4n) is 2.28. The average molecular weight is 224 g/mol. The number of hydrogen-bond donors (Lipinski definition) is 0. The molecule has 3 nitrogen and oxygen atoms in total. The lowest BCUT2D eigenvalue weighted by molar-refractivity contribution is -0.136. The molecule has 2 aliphatic rings. The molecule has 0 spiro atoms. The van der Waals surface area contributed by atoms with Gasteiger partial charge in [-0.05, 0) is 27.7 Å². The summed E-state index contributed by atoms with van der Waals surface area (Å²) in [5.41, 5.74) is -0.889. The van der Waals surface area contributed by atoms with Crippen LogP contribution in [0.4, 0.5) is 0 Å². The smallest absolute Gasteiger partial charge is 0.403 e. The predicted molar refractivity (Wildman–Crippen MR) is 63.2 cm³/mol. The third-order valence-electron chi connectivity index (χ3n) is 4.65. The molecule has 2 rings (SSSR count). The minimum Gasteiger partial charge on any atom is -0.403 e. The van der Waals surface area contributed by atoms with E-state index in [9.17, 15) is 4.79 Å². The number of carbonyl (C=O) groups is 1. The van der Waals surface area contributed by atoms with Gasteiger partial charge in [0, 0.05) is 17.7 Å². The molecular formula is C12H21BO3. The molecule has 0 aromatic carbocycles. The Bertz CT molecular complexity index is 317. The topological polar surface area (TPSA) is 35.5 Å². The molecule has 0 N–H and O–H groups in total. The maximum Gasteiger partial charge on any atom is 0.462 e. The Labute approximate surface area is 98.0 Å². The molecule has 1 saturated carbocycles. The maximum absolute atomic E-state index is 11.5. The lowest BCUT2D eigenvalue weighted by Gasteiger charge is -2.43. The molecule has 0 bridgehead atoms. The van der Waals surface area contributed by atoms with Crippen molar-refractivity contribution >= 4 is 12.9 Å². The molecule has 1 atom stereocenters. The van der Waals surface area contributed by atoms with Gasteiger partial charge in [-0.1, -0.05) is 13.8 Å². The Hall–Kier alpha value is -0.345. The van der Waals surface area contributed by atoms with Gasteiger partial charge in [-0.2, -0.15) is 0 Å². The second-order valence-corrected chi connectivity index (χ2v) is 6.58. The van der Waals surface area contributed by atoms with E-state index in [1.807, 2.05) is 41.5 Å². The van der Waals surface area contributed by atoms with Crippen LogP contribution in [0.1, 0.15) is 48.0 Å². The van der Waals surface area contributed by atoms with Crippen LogP contribution in [0.15, 0.2) is 0 Å². The number of Topliss-reactive ketones (excluding diaryl/α,β-unsaturated/α-hetero) is 1. The summed E-state index contributed by atoms with van der Waals surface area (Å²) < 4.78 is 12.0. The first kappa shape index (κ1) is 12.1. The van der Waals surface area contributed by atoms with E-state index in [2.05, 4.69) is 0 Å². The molecule has 1 aliphatic carbocycles. The van der Waals surface area contributed by atoms with E-state index < -0.39 is 0 Å². The summed E-state index contributed by atoms with van der Waals surface area (Å²) in [5.74, 6) is 0.508. The van der Waals surface area contributed by atoms with Crippen molar-refractivity contribution in [2.24, 2.45) is 5.41 Å². The third kappa shape index (κ3) is 1.46. The van der Waals surface area contributed by atoms with Crippen LogP contribution in [-0.2, 0) is 14.1 Å². The largest absolute Gasteiger partial charge is 0.462 e. The average Bonchev–Trinajstić information content (AvgIpc) is 2.31. The van der Waals surface area contributed by atoms with Gasteiger partial charge in [0.05, 0.1) is 11.2 Å². The summed E-state index contributed by atoms with van der Waals surface area (Å²) in [6, 6.07) is 0. The highest BCUT2D eigenvalue weighted by molar-refractivity contribution is 6.50. The summed E-state index contributed by atoms with van der Waals surface area (Å²) in [4.78, 5) is 11.5. The molecule has 16 heavy (non-hydrogen) atoms. The van der Waals surface area contributed by atoms with Gasteiger partial charge < -0.3 is 9.31 Å². The van der Waals surface area contributed by atoms with Crippen LogP contribution >= 0.6 is 0 Å². The molecule has 1 aliphatic heterocycles. The molecule has 0 aromatic rings. The minimum atomic E-state index is -0.299. The fraction of sp³-hybridized carbons (Fsp3) is 0.917. The standard InChI is InChI=1S/C12H21BO3/c1-10(2)8(7-9(10)14)13-15-11(3,4)12(5,6)16-13/h8H,7H2,1-6H3. The van der Waals surface area contributed by atoms with E-state index in [0.29, 0.717) is 12.2 Å². The van der Waals surface area contributed by atoms with E-state index in [-0.39, 0.29) is 29.6 Å². The van der Waals surface area contributed by atoms with Crippen LogP contribution in [0.25, 0.3) is 0 Å². The molecule has 4 heteroatoms. The molecule has 2 fully saturated rings. The lowest BCUT2D eigenvalue weighted by atomic mass is 9.47. The zero-order chi connectivity index (χ0) is 12.4. The molecule has 1 heterocycles. The minimum absolute atomic E-state index is 0.195. The first-order valence-electron chi connectivity index (χ1n) is 5.97. The normalized spacial score (nSPS) is 35.0. The van der Waals surface area contributed by atoms with Crippen molar-refractivity contribution in [3.05, 3.63) is 0 Å². The van der Waals surface area contributed by atoms with E-state index in [4.69, 9.17) is 9.31 Å². The summed E-state index contributed by atoms with van der Waals surface area (Å²) in [6.07, 6.45) is 0.587. The second kappa shape index (κ2) is 3.11. The van der Waals surface area contributed by atoms with Crippen LogP contribution in [0.3, 0.4) is 0 Å². The molecule has 1 unspecified atom stereocenters. The highest BCUT2D eigenvalue weighted by Gasteiger charge is 2.61. The second-order valence-electron chi connectivity index (χ2n) is 6.58. The van der Waals surface area contributed by atoms with Gasteiger partial charge in [-0.15, -0.1) is 0 Å². The van der Waals surface area contributed by atoms with Crippen molar-refractivity contribution in [1.82, 2.24) is 0 Å². The van der Waals surface area contributed by atoms with Gasteiger partial charge >= 0.3 is 7.12 Å². The number of carbonyl (C=O) groups excluding carboxylic acids is 1. The first-order chi connectivity index (χ1) is 7.08. The summed E-state index contributed by atoms with van der Waals surface area (Å²) in [6.45, 7) is 12.1. The fourth-order valence-corrected chi connectivity index (χ4v) is 2.28. The van der Waals surface area contributed by atoms with E-state index >= 15 is 0 Å². The van der Waals surface area contributed by atoms with Crippen LogP contribution in [0, 0.1) is 5.41 Å². The Morgan fingerprint density at radius 1 is 1.06 bits per heavy atom. The Morgan fingerprint density at radius 3 is 1.81 bits per heavy atom. The third-order valence-corrected chi connectivity index (χ3v) is 4.65. The number of hydrogen-bond acceptors (Lipinski definition) is 3. The van der Waals surface area contributed by atoms with Gasteiger partial charge in [0.1, 0.15) is 5.78 Å². The van der Waals surface area contributed by atoms with Gasteiger partial charge in [0.2, 0.25) is 0 Å². The van der Waals surface area contributed by atoms with E-state index in [1.54, 1.807) is 0 Å².